The number of aromatic nitrogens is 1. The van der Waals surface area contributed by atoms with Crippen LogP contribution in [-0.4, -0.2) is 4.40 Å². The van der Waals surface area contributed by atoms with Gasteiger partial charge in [0.25, 0.3) is 0 Å². The second-order valence-electron chi connectivity index (χ2n) is 14.1. The Bertz CT molecular complexity index is 3000. The third-order valence-electron chi connectivity index (χ3n) is 10.9. The Kier molecular flexibility index (Phi) is 6.92. The van der Waals surface area contributed by atoms with Crippen molar-refractivity contribution in [2.24, 2.45) is 0 Å². The molecule has 9 aromatic carbocycles. The molecule has 3 nitrogen and oxygen atoms in total. The zero-order valence-electron chi connectivity index (χ0n) is 29.5. The van der Waals surface area contributed by atoms with Gasteiger partial charge in [0.15, 0.2) is 0 Å². The molecule has 0 saturated heterocycles. The van der Waals surface area contributed by atoms with Crippen LogP contribution in [0, 0.1) is 11.6 Å². The topological polar surface area (TPSA) is 10.9 Å². The standard InChI is InChI=1S/C50H31F2N3/c51-36-16-22-40(23-17-36)53(38-8-3-1-4-9-38)42-20-14-32-28-46-44-12-7-13-45-47-29-33-15-21-43(54(39-10-5-2-6-11-39)41-24-18-37(52)19-25-41)27-35(33)31-49(47)55(50(44)45)48(46)30-34(32)26-42/h1-31H. The first-order valence-corrected chi connectivity index (χ1v) is 18.4. The van der Waals surface area contributed by atoms with Crippen molar-refractivity contribution in [3.63, 3.8) is 0 Å². The third kappa shape index (κ3) is 5.01. The number of anilines is 6. The molecule has 0 fully saturated rings. The first kappa shape index (κ1) is 31.3. The van der Waals surface area contributed by atoms with Crippen LogP contribution in [0.5, 0.6) is 0 Å². The lowest BCUT2D eigenvalue weighted by Gasteiger charge is -2.25. The molecule has 0 atom stereocenters. The van der Waals surface area contributed by atoms with E-state index in [9.17, 15) is 8.78 Å². The quantitative estimate of drug-likeness (QED) is 0.170. The molecule has 2 aromatic heterocycles. The molecule has 2 heterocycles. The maximum Gasteiger partial charge on any atom is 0.123 e. The lowest BCUT2D eigenvalue weighted by molar-refractivity contribution is 0.627. The molecular weight excluding hydrogens is 681 g/mol. The summed E-state index contributed by atoms with van der Waals surface area (Å²) in [6, 6.07) is 62.7. The molecule has 0 saturated carbocycles. The van der Waals surface area contributed by atoms with Crippen LogP contribution < -0.4 is 9.80 Å². The van der Waals surface area contributed by atoms with Crippen LogP contribution in [0.2, 0.25) is 0 Å². The minimum atomic E-state index is -0.263. The predicted molar refractivity (Wildman–Crippen MR) is 225 cm³/mol. The summed E-state index contributed by atoms with van der Waals surface area (Å²) in [4.78, 5) is 4.33. The Morgan fingerprint density at radius 3 is 1.15 bits per heavy atom. The number of halogens is 2. The van der Waals surface area contributed by atoms with E-state index < -0.39 is 0 Å². The van der Waals surface area contributed by atoms with Crippen LogP contribution in [0.1, 0.15) is 0 Å². The largest absolute Gasteiger partial charge is 0.310 e. The molecule has 55 heavy (non-hydrogen) atoms. The van der Waals surface area contributed by atoms with Crippen molar-refractivity contribution < 1.29 is 8.78 Å². The number of nitrogens with zero attached hydrogens (tertiary/aromatic N) is 3. The average molecular weight is 712 g/mol. The molecule has 0 amide bonds. The number of fused-ring (bicyclic) bond motifs is 8. The van der Waals surface area contributed by atoms with Gasteiger partial charge in [0.2, 0.25) is 0 Å². The summed E-state index contributed by atoms with van der Waals surface area (Å²) in [5.41, 5.74) is 9.25. The summed E-state index contributed by atoms with van der Waals surface area (Å²) in [5, 5.41) is 9.40. The lowest BCUT2D eigenvalue weighted by Crippen LogP contribution is -2.09. The molecular formula is C50H31F2N3. The highest BCUT2D eigenvalue weighted by atomic mass is 19.1. The van der Waals surface area contributed by atoms with Crippen molar-refractivity contribution in [1.82, 2.24) is 4.40 Å². The van der Waals surface area contributed by atoms with Crippen LogP contribution in [0.25, 0.3) is 59.6 Å². The van der Waals surface area contributed by atoms with Gasteiger partial charge in [-0.05, 0) is 143 Å². The van der Waals surface area contributed by atoms with Crippen molar-refractivity contribution >= 4 is 93.8 Å². The molecule has 11 rings (SSSR count). The Labute approximate surface area is 315 Å². The van der Waals surface area contributed by atoms with Gasteiger partial charge in [-0.3, -0.25) is 0 Å². The minimum Gasteiger partial charge on any atom is -0.310 e. The SMILES string of the molecule is Fc1ccc(N(c2ccccc2)c2ccc3cc4c5cccc6c7cc8ccc(N(c9ccccc9)c9ccc(F)cc9)cc8cc7n(c4cc3c2)c56)cc1. The highest BCUT2D eigenvalue weighted by Gasteiger charge is 2.20. The second kappa shape index (κ2) is 12.2. The smallest absolute Gasteiger partial charge is 0.123 e. The molecule has 0 bridgehead atoms. The average Bonchev–Trinajstić information content (AvgIpc) is 3.72. The van der Waals surface area contributed by atoms with E-state index in [4.69, 9.17) is 0 Å². The summed E-state index contributed by atoms with van der Waals surface area (Å²) in [6.07, 6.45) is 0. The normalized spacial score (nSPS) is 11.8. The van der Waals surface area contributed by atoms with Crippen molar-refractivity contribution in [2.45, 2.75) is 0 Å². The van der Waals surface area contributed by atoms with Gasteiger partial charge in [-0.15, -0.1) is 0 Å². The number of hydrogen-bond acceptors (Lipinski definition) is 2. The zero-order valence-corrected chi connectivity index (χ0v) is 29.5. The fraction of sp³-hybridized carbons (Fsp3) is 0. The first-order valence-electron chi connectivity index (χ1n) is 18.4. The van der Waals surface area contributed by atoms with Crippen LogP contribution in [0.3, 0.4) is 0 Å². The van der Waals surface area contributed by atoms with Crippen LogP contribution >= 0.6 is 0 Å². The van der Waals surface area contributed by atoms with E-state index >= 15 is 0 Å². The lowest BCUT2D eigenvalue weighted by atomic mass is 10.0. The molecule has 0 aliphatic carbocycles. The van der Waals surface area contributed by atoms with E-state index in [0.717, 1.165) is 66.7 Å². The molecule has 5 heteroatoms. The zero-order chi connectivity index (χ0) is 36.6. The molecule has 0 spiro atoms. The number of hydrogen-bond donors (Lipinski definition) is 0. The first-order chi connectivity index (χ1) is 27.1. The van der Waals surface area contributed by atoms with Crippen molar-refractivity contribution in [1.29, 1.82) is 0 Å². The summed E-state index contributed by atoms with van der Waals surface area (Å²) in [5.74, 6) is -0.526. The van der Waals surface area contributed by atoms with Crippen LogP contribution in [-0.2, 0) is 0 Å². The number of benzene rings is 9. The third-order valence-corrected chi connectivity index (χ3v) is 10.9. The number of rotatable bonds is 6. The monoisotopic (exact) mass is 711 g/mol. The van der Waals surface area contributed by atoms with E-state index in [1.807, 2.05) is 60.7 Å². The highest BCUT2D eigenvalue weighted by molar-refractivity contribution is 6.26. The summed E-state index contributed by atoms with van der Waals surface area (Å²) in [7, 11) is 0. The summed E-state index contributed by atoms with van der Waals surface area (Å²) in [6.45, 7) is 0. The molecule has 0 N–H and O–H groups in total. The maximum absolute atomic E-state index is 14.0. The van der Waals surface area contributed by atoms with E-state index in [2.05, 4.69) is 117 Å². The van der Waals surface area contributed by atoms with Gasteiger partial charge in [0.05, 0.1) is 16.6 Å². The Morgan fingerprint density at radius 2 is 0.709 bits per heavy atom. The van der Waals surface area contributed by atoms with E-state index in [-0.39, 0.29) is 11.6 Å². The van der Waals surface area contributed by atoms with Gasteiger partial charge in [-0.2, -0.15) is 0 Å². The molecule has 260 valence electrons. The van der Waals surface area contributed by atoms with Crippen LogP contribution in [0.4, 0.5) is 42.9 Å². The maximum atomic E-state index is 14.0. The Morgan fingerprint density at radius 1 is 0.309 bits per heavy atom. The van der Waals surface area contributed by atoms with E-state index in [0.29, 0.717) is 0 Å². The van der Waals surface area contributed by atoms with Gasteiger partial charge in [-0.1, -0.05) is 66.7 Å². The van der Waals surface area contributed by atoms with Crippen molar-refractivity contribution in [2.75, 3.05) is 9.80 Å². The van der Waals surface area contributed by atoms with Gasteiger partial charge in [0.1, 0.15) is 11.6 Å². The van der Waals surface area contributed by atoms with Gasteiger partial charge in [0, 0.05) is 55.7 Å². The molecule has 0 aliphatic heterocycles. The van der Waals surface area contributed by atoms with Crippen LogP contribution in [0.15, 0.2) is 188 Å². The van der Waals surface area contributed by atoms with Crippen molar-refractivity contribution in [3.8, 4) is 0 Å². The Balaban J connectivity index is 1.12. The molecule has 0 radical (unpaired) electrons. The fourth-order valence-electron chi connectivity index (χ4n) is 8.44. The predicted octanol–water partition coefficient (Wildman–Crippen LogP) is 14.4. The van der Waals surface area contributed by atoms with Gasteiger partial charge < -0.3 is 14.2 Å². The Hall–Kier alpha value is -7.24. The number of para-hydroxylation sites is 3. The second-order valence-corrected chi connectivity index (χ2v) is 14.1. The minimum absolute atomic E-state index is 0.263. The summed E-state index contributed by atoms with van der Waals surface area (Å²) >= 11 is 0. The van der Waals surface area contributed by atoms with E-state index in [1.165, 1.54) is 51.3 Å². The molecule has 0 unspecified atom stereocenters. The van der Waals surface area contributed by atoms with Gasteiger partial charge in [-0.25, -0.2) is 8.78 Å². The van der Waals surface area contributed by atoms with E-state index in [1.54, 1.807) is 0 Å². The molecule has 0 aliphatic rings. The molecule has 11 aromatic rings. The fourth-order valence-corrected chi connectivity index (χ4v) is 8.44. The summed E-state index contributed by atoms with van der Waals surface area (Å²) < 4.78 is 30.5. The highest BCUT2D eigenvalue weighted by Crippen LogP contribution is 2.44. The van der Waals surface area contributed by atoms with Crippen molar-refractivity contribution in [3.05, 3.63) is 200 Å². The van der Waals surface area contributed by atoms with Gasteiger partial charge >= 0.3 is 0 Å².